The predicted molar refractivity (Wildman–Crippen MR) is 64.9 cm³/mol. The van der Waals surface area contributed by atoms with Crippen molar-refractivity contribution in [3.8, 4) is 5.88 Å². The molecule has 17 heavy (non-hydrogen) atoms. The normalized spacial score (nSPS) is 10.3. The van der Waals surface area contributed by atoms with Crippen molar-refractivity contribution in [2.24, 2.45) is 0 Å². The van der Waals surface area contributed by atoms with E-state index in [4.69, 9.17) is 9.15 Å². The molecular formula is C10H11BrN4O2. The van der Waals surface area contributed by atoms with Gasteiger partial charge in [-0.15, -0.1) is 0 Å². The minimum Gasteiger partial charge on any atom is -0.480 e. The molecule has 0 aliphatic rings. The Labute approximate surface area is 107 Å². The third-order valence-electron chi connectivity index (χ3n) is 1.97. The number of anilines is 1. The highest BCUT2D eigenvalue weighted by Crippen LogP contribution is 2.21. The van der Waals surface area contributed by atoms with Crippen LogP contribution in [0.4, 0.5) is 5.95 Å². The lowest BCUT2D eigenvalue weighted by atomic mass is 10.6. The van der Waals surface area contributed by atoms with Crippen LogP contribution >= 0.6 is 15.9 Å². The van der Waals surface area contributed by atoms with Crippen LogP contribution in [0, 0.1) is 6.92 Å². The summed E-state index contributed by atoms with van der Waals surface area (Å²) in [6, 6.07) is 0. The average molecular weight is 299 g/mol. The smallest absolute Gasteiger partial charge is 0.232 e. The number of methoxy groups -OCH3 is 1. The highest BCUT2D eigenvalue weighted by atomic mass is 79.9. The standard InChI is InChI=1S/C10H11BrN4O2/c1-6-3-12-8(17-6)5-14-10-13-4-7(11)9(15-10)16-2/h3-4H,5H2,1-2H3,(H,13,14,15). The first-order chi connectivity index (χ1) is 8.19. The molecule has 2 heterocycles. The number of oxazole rings is 1. The second kappa shape index (κ2) is 5.13. The maximum absolute atomic E-state index is 5.32. The Balaban J connectivity index is 2.04. The van der Waals surface area contributed by atoms with E-state index in [1.54, 1.807) is 19.5 Å². The molecule has 7 heteroatoms. The third-order valence-corrected chi connectivity index (χ3v) is 2.52. The second-order valence-corrected chi connectivity index (χ2v) is 4.12. The van der Waals surface area contributed by atoms with Gasteiger partial charge in [-0.1, -0.05) is 0 Å². The van der Waals surface area contributed by atoms with Crippen LogP contribution in [0.3, 0.4) is 0 Å². The van der Waals surface area contributed by atoms with E-state index in [-0.39, 0.29) is 0 Å². The van der Waals surface area contributed by atoms with Gasteiger partial charge >= 0.3 is 0 Å². The second-order valence-electron chi connectivity index (χ2n) is 3.27. The van der Waals surface area contributed by atoms with Crippen LogP contribution in [-0.4, -0.2) is 22.1 Å². The number of aromatic nitrogens is 3. The van der Waals surface area contributed by atoms with Gasteiger partial charge in [-0.2, -0.15) is 4.98 Å². The lowest BCUT2D eigenvalue weighted by Gasteiger charge is -2.05. The molecule has 0 unspecified atom stereocenters. The van der Waals surface area contributed by atoms with Gasteiger partial charge in [0.1, 0.15) is 5.76 Å². The summed E-state index contributed by atoms with van der Waals surface area (Å²) >= 11 is 3.28. The van der Waals surface area contributed by atoms with Gasteiger partial charge in [0.15, 0.2) is 0 Å². The Morgan fingerprint density at radius 3 is 2.88 bits per heavy atom. The Bertz CT molecular complexity index is 515. The fourth-order valence-corrected chi connectivity index (χ4v) is 1.57. The first-order valence-electron chi connectivity index (χ1n) is 4.90. The van der Waals surface area contributed by atoms with E-state index in [0.29, 0.717) is 28.7 Å². The van der Waals surface area contributed by atoms with E-state index < -0.39 is 0 Å². The van der Waals surface area contributed by atoms with Crippen molar-refractivity contribution in [2.45, 2.75) is 13.5 Å². The van der Waals surface area contributed by atoms with Crippen LogP contribution in [-0.2, 0) is 6.54 Å². The number of aryl methyl sites for hydroxylation is 1. The Morgan fingerprint density at radius 1 is 1.41 bits per heavy atom. The van der Waals surface area contributed by atoms with Crippen molar-refractivity contribution in [2.75, 3.05) is 12.4 Å². The molecule has 2 aromatic heterocycles. The minimum absolute atomic E-state index is 0.429. The van der Waals surface area contributed by atoms with Gasteiger partial charge in [0.25, 0.3) is 0 Å². The van der Waals surface area contributed by atoms with Crippen molar-refractivity contribution < 1.29 is 9.15 Å². The van der Waals surface area contributed by atoms with Gasteiger partial charge in [-0.05, 0) is 22.9 Å². The summed E-state index contributed by atoms with van der Waals surface area (Å²) in [5.41, 5.74) is 0. The minimum atomic E-state index is 0.429. The SMILES string of the molecule is COc1nc(NCc2ncc(C)o2)ncc1Br. The van der Waals surface area contributed by atoms with Crippen molar-refractivity contribution >= 4 is 21.9 Å². The summed E-state index contributed by atoms with van der Waals surface area (Å²) < 4.78 is 11.1. The molecule has 6 nitrogen and oxygen atoms in total. The lowest BCUT2D eigenvalue weighted by molar-refractivity contribution is 0.394. The number of nitrogens with one attached hydrogen (secondary N) is 1. The molecule has 0 radical (unpaired) electrons. The van der Waals surface area contributed by atoms with E-state index in [1.165, 1.54) is 0 Å². The number of rotatable bonds is 4. The highest BCUT2D eigenvalue weighted by Gasteiger charge is 2.06. The zero-order chi connectivity index (χ0) is 12.3. The number of ether oxygens (including phenoxy) is 1. The monoisotopic (exact) mass is 298 g/mol. The quantitative estimate of drug-likeness (QED) is 0.932. The van der Waals surface area contributed by atoms with Gasteiger partial charge in [0.05, 0.1) is 30.5 Å². The molecule has 0 fully saturated rings. The molecule has 0 aliphatic heterocycles. The van der Waals surface area contributed by atoms with Gasteiger partial charge < -0.3 is 14.5 Å². The van der Waals surface area contributed by atoms with E-state index >= 15 is 0 Å². The Hall–Kier alpha value is -1.63. The van der Waals surface area contributed by atoms with Crippen molar-refractivity contribution in [1.82, 2.24) is 15.0 Å². The zero-order valence-electron chi connectivity index (χ0n) is 9.40. The van der Waals surface area contributed by atoms with Crippen LogP contribution < -0.4 is 10.1 Å². The molecular weight excluding hydrogens is 288 g/mol. The van der Waals surface area contributed by atoms with Gasteiger partial charge in [0, 0.05) is 0 Å². The summed E-state index contributed by atoms with van der Waals surface area (Å²) in [7, 11) is 1.55. The molecule has 2 rings (SSSR count). The van der Waals surface area contributed by atoms with Crippen LogP contribution in [0.2, 0.25) is 0 Å². The molecule has 1 N–H and O–H groups in total. The summed E-state index contributed by atoms with van der Waals surface area (Å²) in [6.45, 7) is 2.27. The van der Waals surface area contributed by atoms with E-state index in [0.717, 1.165) is 5.76 Å². The number of hydrogen-bond donors (Lipinski definition) is 1. The van der Waals surface area contributed by atoms with Crippen LogP contribution in [0.25, 0.3) is 0 Å². The third kappa shape index (κ3) is 2.94. The topological polar surface area (TPSA) is 73.1 Å². The maximum Gasteiger partial charge on any atom is 0.232 e. The lowest BCUT2D eigenvalue weighted by Crippen LogP contribution is -2.04. The Kier molecular flexibility index (Phi) is 3.58. The molecule has 90 valence electrons. The number of nitrogens with zero attached hydrogens (tertiary/aromatic N) is 3. The summed E-state index contributed by atoms with van der Waals surface area (Å²) in [5, 5.41) is 3.00. The van der Waals surface area contributed by atoms with E-state index in [9.17, 15) is 0 Å². The van der Waals surface area contributed by atoms with Crippen LogP contribution in [0.1, 0.15) is 11.7 Å². The maximum atomic E-state index is 5.32. The fourth-order valence-electron chi connectivity index (χ4n) is 1.22. The molecule has 0 aromatic carbocycles. The van der Waals surface area contributed by atoms with Crippen molar-refractivity contribution in [3.05, 3.63) is 28.5 Å². The number of hydrogen-bond acceptors (Lipinski definition) is 6. The first-order valence-corrected chi connectivity index (χ1v) is 5.70. The molecule has 0 amide bonds. The molecule has 0 saturated heterocycles. The van der Waals surface area contributed by atoms with Crippen molar-refractivity contribution in [3.63, 3.8) is 0 Å². The summed E-state index contributed by atoms with van der Waals surface area (Å²) in [5.74, 6) is 2.30. The molecule has 0 saturated carbocycles. The molecule has 0 spiro atoms. The molecule has 2 aromatic rings. The largest absolute Gasteiger partial charge is 0.480 e. The summed E-state index contributed by atoms with van der Waals surface area (Å²) in [4.78, 5) is 12.3. The van der Waals surface area contributed by atoms with Crippen LogP contribution in [0.15, 0.2) is 21.3 Å². The number of halogens is 1. The van der Waals surface area contributed by atoms with Gasteiger partial charge in [-0.25, -0.2) is 9.97 Å². The first kappa shape index (κ1) is 11.8. The Morgan fingerprint density at radius 2 is 2.24 bits per heavy atom. The fraction of sp³-hybridized carbons (Fsp3) is 0.300. The van der Waals surface area contributed by atoms with Gasteiger partial charge in [-0.3, -0.25) is 0 Å². The predicted octanol–water partition coefficient (Wildman–Crippen LogP) is 2.16. The summed E-state index contributed by atoms with van der Waals surface area (Å²) in [6.07, 6.45) is 3.29. The van der Waals surface area contributed by atoms with Crippen molar-refractivity contribution in [1.29, 1.82) is 0 Å². The van der Waals surface area contributed by atoms with Crippen LogP contribution in [0.5, 0.6) is 5.88 Å². The van der Waals surface area contributed by atoms with E-state index in [1.807, 2.05) is 6.92 Å². The highest BCUT2D eigenvalue weighted by molar-refractivity contribution is 9.10. The van der Waals surface area contributed by atoms with Gasteiger partial charge in [0.2, 0.25) is 17.7 Å². The molecule has 0 aliphatic carbocycles. The zero-order valence-corrected chi connectivity index (χ0v) is 11.0. The van der Waals surface area contributed by atoms with E-state index in [2.05, 4.69) is 36.2 Å². The molecule has 0 bridgehead atoms. The average Bonchev–Trinajstić information content (AvgIpc) is 2.74. The molecule has 0 atom stereocenters.